The van der Waals surface area contributed by atoms with Crippen LogP contribution in [0.3, 0.4) is 0 Å². The van der Waals surface area contributed by atoms with Crippen molar-refractivity contribution in [1.29, 1.82) is 0 Å². The Balaban J connectivity index is 0.00000268. The van der Waals surface area contributed by atoms with Crippen LogP contribution in [0.1, 0.15) is 86.9 Å². The van der Waals surface area contributed by atoms with E-state index in [0.29, 0.717) is 0 Å². The summed E-state index contributed by atoms with van der Waals surface area (Å²) >= 11 is 0. The van der Waals surface area contributed by atoms with E-state index in [1.807, 2.05) is 32.1 Å². The maximum absolute atomic E-state index is 4.05. The van der Waals surface area contributed by atoms with Gasteiger partial charge >= 0.3 is 0 Å². The predicted octanol–water partition coefficient (Wildman–Crippen LogP) is 17.1. The molecule has 2 aliphatic carbocycles. The van der Waals surface area contributed by atoms with Gasteiger partial charge in [0.05, 0.1) is 0 Å². The number of rotatable bonds is 12. The SMILES string of the molecule is C=C/C=C(\C=C)c1ccc(N(c2ccc(-c3ccc4c(c3)Cc3ccc5c(c3-4)-c3ccccc3C5)cc2)c2cc(C(/C=C\C)=C/C)cc(C(/C=C\C)=C/CC)c2)cc1.CC. The van der Waals surface area contributed by atoms with Crippen LogP contribution in [0.15, 0.2) is 189 Å². The highest BCUT2D eigenvalue weighted by molar-refractivity contribution is 5.96. The molecular formula is C59H57N. The van der Waals surface area contributed by atoms with Crippen LogP contribution in [0.5, 0.6) is 0 Å². The minimum atomic E-state index is 0.950. The van der Waals surface area contributed by atoms with Gasteiger partial charge in [-0.05, 0) is 172 Å². The molecule has 0 heterocycles. The Labute approximate surface area is 359 Å². The average molecular weight is 780 g/mol. The molecule has 60 heavy (non-hydrogen) atoms. The third-order valence-electron chi connectivity index (χ3n) is 11.5. The van der Waals surface area contributed by atoms with E-state index in [9.17, 15) is 0 Å². The molecule has 0 aliphatic heterocycles. The summed E-state index contributed by atoms with van der Waals surface area (Å²) in [6.07, 6.45) is 21.8. The molecule has 0 aromatic heterocycles. The number of benzene rings is 6. The van der Waals surface area contributed by atoms with Crippen LogP contribution in [-0.4, -0.2) is 0 Å². The number of nitrogens with zero attached hydrogens (tertiary/aromatic N) is 1. The van der Waals surface area contributed by atoms with Crippen molar-refractivity contribution in [3.05, 3.63) is 228 Å². The van der Waals surface area contributed by atoms with Crippen LogP contribution in [0.4, 0.5) is 17.1 Å². The summed E-state index contributed by atoms with van der Waals surface area (Å²) in [5, 5.41) is 0. The van der Waals surface area contributed by atoms with Gasteiger partial charge in [0.2, 0.25) is 0 Å². The molecule has 2 aliphatic rings. The summed E-state index contributed by atoms with van der Waals surface area (Å²) in [7, 11) is 0. The number of anilines is 3. The Morgan fingerprint density at radius 2 is 1.13 bits per heavy atom. The highest BCUT2D eigenvalue weighted by Gasteiger charge is 2.28. The Morgan fingerprint density at radius 1 is 0.550 bits per heavy atom. The lowest BCUT2D eigenvalue weighted by atomic mass is 9.93. The maximum atomic E-state index is 4.05. The van der Waals surface area contributed by atoms with Crippen molar-refractivity contribution < 1.29 is 0 Å². The highest BCUT2D eigenvalue weighted by Crippen LogP contribution is 2.50. The molecule has 6 aromatic carbocycles. The Bertz CT molecular complexity index is 2690. The zero-order valence-corrected chi connectivity index (χ0v) is 36.2. The fourth-order valence-corrected chi connectivity index (χ4v) is 8.85. The van der Waals surface area contributed by atoms with Gasteiger partial charge in [-0.1, -0.05) is 167 Å². The lowest BCUT2D eigenvalue weighted by Gasteiger charge is -2.27. The van der Waals surface area contributed by atoms with Gasteiger partial charge in [-0.2, -0.15) is 0 Å². The lowest BCUT2D eigenvalue weighted by molar-refractivity contribution is 1.22. The number of hydrogen-bond donors (Lipinski definition) is 0. The van der Waals surface area contributed by atoms with Crippen LogP contribution in [0, 0.1) is 0 Å². The Hall–Kier alpha value is -6.70. The topological polar surface area (TPSA) is 3.24 Å². The van der Waals surface area contributed by atoms with E-state index >= 15 is 0 Å². The van der Waals surface area contributed by atoms with Crippen molar-refractivity contribution in [3.63, 3.8) is 0 Å². The van der Waals surface area contributed by atoms with Crippen molar-refractivity contribution in [2.75, 3.05) is 4.90 Å². The molecule has 0 fully saturated rings. The molecule has 0 N–H and O–H groups in total. The second-order valence-corrected chi connectivity index (χ2v) is 15.1. The molecule has 6 aromatic rings. The molecule has 0 bridgehead atoms. The van der Waals surface area contributed by atoms with Gasteiger partial charge in [0.1, 0.15) is 0 Å². The van der Waals surface area contributed by atoms with Gasteiger partial charge in [0.25, 0.3) is 0 Å². The summed E-state index contributed by atoms with van der Waals surface area (Å²) in [6, 6.07) is 45.6. The van der Waals surface area contributed by atoms with Crippen LogP contribution >= 0.6 is 0 Å². The minimum absolute atomic E-state index is 0.950. The first-order valence-corrected chi connectivity index (χ1v) is 21.6. The fourth-order valence-electron chi connectivity index (χ4n) is 8.85. The standard InChI is InChI=1S/C57H51N.C2H6/c1-7-15-39(11-5)42-23-28-51(29-24-42)58(53-37-48(40(12-6)16-8-2)36-49(38-53)41(17-9-3)18-10-4)52-30-25-43(26-31-52)44-27-32-55-50(33-44)35-47-22-21-46-34-45-19-13-14-20-54(45)56(46)57(47)55;1-2/h7-9,11-33,36-38H,1,5,10,34-35H2,2-4,6H3;1-2H3/b16-8-,17-9-,39-15+,40-12+,41-18+;. The van der Waals surface area contributed by atoms with Crippen molar-refractivity contribution in [2.45, 2.75) is 60.8 Å². The first kappa shape index (κ1) is 41.5. The summed E-state index contributed by atoms with van der Waals surface area (Å²) in [5.41, 5.74) is 24.0. The summed E-state index contributed by atoms with van der Waals surface area (Å²) < 4.78 is 0. The largest absolute Gasteiger partial charge is 0.310 e. The number of fused-ring (bicyclic) bond motifs is 7. The van der Waals surface area contributed by atoms with Gasteiger partial charge < -0.3 is 4.90 Å². The van der Waals surface area contributed by atoms with Crippen molar-refractivity contribution in [1.82, 2.24) is 0 Å². The molecule has 0 radical (unpaired) electrons. The van der Waals surface area contributed by atoms with E-state index < -0.39 is 0 Å². The molecular weight excluding hydrogens is 723 g/mol. The second-order valence-electron chi connectivity index (χ2n) is 15.1. The van der Waals surface area contributed by atoms with E-state index in [0.717, 1.165) is 47.5 Å². The third-order valence-corrected chi connectivity index (χ3v) is 11.5. The molecule has 0 atom stereocenters. The Kier molecular flexibility index (Phi) is 13.1. The number of hydrogen-bond acceptors (Lipinski definition) is 1. The predicted molar refractivity (Wildman–Crippen MR) is 264 cm³/mol. The van der Waals surface area contributed by atoms with E-state index in [1.165, 1.54) is 77.9 Å². The van der Waals surface area contributed by atoms with Gasteiger partial charge in [0, 0.05) is 17.1 Å². The van der Waals surface area contributed by atoms with Gasteiger partial charge in [-0.3, -0.25) is 0 Å². The molecule has 0 unspecified atom stereocenters. The second kappa shape index (κ2) is 18.9. The van der Waals surface area contributed by atoms with Gasteiger partial charge in [-0.15, -0.1) is 0 Å². The van der Waals surface area contributed by atoms with Gasteiger partial charge in [-0.25, -0.2) is 0 Å². The first-order valence-electron chi connectivity index (χ1n) is 21.6. The lowest BCUT2D eigenvalue weighted by Crippen LogP contribution is -2.11. The molecule has 8 rings (SSSR count). The van der Waals surface area contributed by atoms with Crippen LogP contribution in [-0.2, 0) is 12.8 Å². The quantitative estimate of drug-likeness (QED) is 0.112. The van der Waals surface area contributed by atoms with Crippen LogP contribution in [0.2, 0.25) is 0 Å². The zero-order valence-electron chi connectivity index (χ0n) is 36.2. The third kappa shape index (κ3) is 8.14. The maximum Gasteiger partial charge on any atom is 0.0473 e. The minimum Gasteiger partial charge on any atom is -0.310 e. The van der Waals surface area contributed by atoms with E-state index in [2.05, 4.69) is 204 Å². The normalized spacial score (nSPS) is 13.1. The van der Waals surface area contributed by atoms with Gasteiger partial charge in [0.15, 0.2) is 0 Å². The van der Waals surface area contributed by atoms with Crippen LogP contribution < -0.4 is 4.90 Å². The summed E-state index contributed by atoms with van der Waals surface area (Å²) in [6.45, 7) is 20.4. The first-order chi connectivity index (χ1) is 29.5. The van der Waals surface area contributed by atoms with Crippen molar-refractivity contribution in [2.24, 2.45) is 0 Å². The molecule has 0 amide bonds. The van der Waals surface area contributed by atoms with E-state index in [-0.39, 0.29) is 0 Å². The summed E-state index contributed by atoms with van der Waals surface area (Å²) in [4.78, 5) is 2.38. The molecule has 1 nitrogen and oxygen atoms in total. The van der Waals surface area contributed by atoms with Crippen LogP contribution in [0.25, 0.3) is 50.1 Å². The van der Waals surface area contributed by atoms with E-state index in [1.54, 1.807) is 0 Å². The molecule has 0 saturated heterocycles. The zero-order chi connectivity index (χ0) is 42.2. The fraction of sp³-hybridized carbons (Fsp3) is 0.153. The summed E-state index contributed by atoms with van der Waals surface area (Å²) in [5.74, 6) is 0. The molecule has 0 saturated carbocycles. The Morgan fingerprint density at radius 3 is 1.75 bits per heavy atom. The monoisotopic (exact) mass is 779 g/mol. The average Bonchev–Trinajstić information content (AvgIpc) is 3.86. The van der Waals surface area contributed by atoms with Crippen molar-refractivity contribution in [3.8, 4) is 33.4 Å². The molecule has 1 heteroatoms. The smallest absolute Gasteiger partial charge is 0.0473 e. The molecule has 0 spiro atoms. The van der Waals surface area contributed by atoms with Crippen molar-refractivity contribution >= 4 is 33.8 Å². The number of allylic oxidation sites excluding steroid dienone is 12. The highest BCUT2D eigenvalue weighted by atomic mass is 15.1. The van der Waals surface area contributed by atoms with E-state index in [4.69, 9.17) is 0 Å². The molecule has 298 valence electrons.